The molecule has 2 aliphatic heterocycles. The van der Waals surface area contributed by atoms with Crippen molar-refractivity contribution in [1.29, 1.82) is 0 Å². The van der Waals surface area contributed by atoms with Crippen LogP contribution in [0, 0.1) is 5.41 Å². The van der Waals surface area contributed by atoms with Gasteiger partial charge < -0.3 is 9.47 Å². The van der Waals surface area contributed by atoms with Crippen LogP contribution in [0.4, 0.5) is 0 Å². The van der Waals surface area contributed by atoms with E-state index in [2.05, 4.69) is 45.1 Å². The molecule has 0 unspecified atom stereocenters. The van der Waals surface area contributed by atoms with E-state index in [1.807, 2.05) is 17.1 Å². The van der Waals surface area contributed by atoms with E-state index in [0.29, 0.717) is 17.7 Å². The first-order valence-corrected chi connectivity index (χ1v) is 10.7. The predicted molar refractivity (Wildman–Crippen MR) is 111 cm³/mol. The van der Waals surface area contributed by atoms with Gasteiger partial charge >= 0.3 is 0 Å². The molecule has 2 fully saturated rings. The summed E-state index contributed by atoms with van der Waals surface area (Å²) in [5.41, 5.74) is 1.69. The molecule has 1 aromatic carbocycles. The number of hydrogen-bond donors (Lipinski definition) is 0. The van der Waals surface area contributed by atoms with E-state index in [1.54, 1.807) is 6.20 Å². The zero-order valence-corrected chi connectivity index (χ0v) is 16.8. The van der Waals surface area contributed by atoms with Gasteiger partial charge in [-0.15, -0.1) is 0 Å². The SMILES string of the molecule is O=C(CCCn1ccnc1)N1CCC[C@@]2(CCCN(Cc3ccccc3)C2)C1. The molecule has 5 heteroatoms. The number of benzene rings is 1. The number of hydrogen-bond acceptors (Lipinski definition) is 3. The molecular formula is C23H32N4O. The van der Waals surface area contributed by atoms with Gasteiger partial charge in [0.25, 0.3) is 0 Å². The molecular weight excluding hydrogens is 348 g/mol. The number of carbonyl (C=O) groups excluding carboxylic acids is 1. The normalized spacial score (nSPS) is 23.2. The van der Waals surface area contributed by atoms with Crippen LogP contribution in [0.15, 0.2) is 49.1 Å². The summed E-state index contributed by atoms with van der Waals surface area (Å²) in [5.74, 6) is 0.333. The molecule has 5 nitrogen and oxygen atoms in total. The van der Waals surface area contributed by atoms with Gasteiger partial charge in [-0.3, -0.25) is 9.69 Å². The maximum atomic E-state index is 12.8. The fourth-order valence-corrected chi connectivity index (χ4v) is 5.03. The van der Waals surface area contributed by atoms with Gasteiger partial charge in [-0.1, -0.05) is 30.3 Å². The van der Waals surface area contributed by atoms with E-state index >= 15 is 0 Å². The molecule has 0 aliphatic carbocycles. The summed E-state index contributed by atoms with van der Waals surface area (Å²) in [5, 5.41) is 0. The summed E-state index contributed by atoms with van der Waals surface area (Å²) in [4.78, 5) is 21.6. The molecule has 0 saturated carbocycles. The standard InChI is InChI=1S/C23H32N4O/c28-22(9-4-13-25-16-12-24-20-25)27-15-6-11-23(19-27)10-5-14-26(18-23)17-21-7-2-1-3-8-21/h1-3,7-8,12,16,20H,4-6,9-11,13-15,17-19H2/t23-/m1/s1. The molecule has 2 saturated heterocycles. The second kappa shape index (κ2) is 8.91. The molecule has 1 spiro atoms. The average Bonchev–Trinajstić information content (AvgIpc) is 3.22. The molecule has 0 N–H and O–H groups in total. The van der Waals surface area contributed by atoms with Crippen molar-refractivity contribution in [3.8, 4) is 0 Å². The van der Waals surface area contributed by atoms with Crippen LogP contribution >= 0.6 is 0 Å². The third kappa shape index (κ3) is 4.82. The third-order valence-corrected chi connectivity index (χ3v) is 6.37. The lowest BCUT2D eigenvalue weighted by molar-refractivity contribution is -0.136. The van der Waals surface area contributed by atoms with Gasteiger partial charge in [0.05, 0.1) is 6.33 Å². The lowest BCUT2D eigenvalue weighted by Crippen LogP contribution is -2.53. The molecule has 1 atom stereocenters. The van der Waals surface area contributed by atoms with Crippen LogP contribution in [0.25, 0.3) is 0 Å². The Morgan fingerprint density at radius 2 is 1.89 bits per heavy atom. The number of rotatable bonds is 6. The van der Waals surface area contributed by atoms with Crippen molar-refractivity contribution in [3.63, 3.8) is 0 Å². The molecule has 150 valence electrons. The highest BCUT2D eigenvalue weighted by atomic mass is 16.2. The fraction of sp³-hybridized carbons (Fsp3) is 0.565. The molecule has 0 radical (unpaired) electrons. The number of imidazole rings is 1. The van der Waals surface area contributed by atoms with Gasteiger partial charge in [0.15, 0.2) is 0 Å². The minimum absolute atomic E-state index is 0.297. The predicted octanol–water partition coefficient (Wildman–Crippen LogP) is 3.57. The van der Waals surface area contributed by atoms with Crippen molar-refractivity contribution < 1.29 is 4.79 Å². The lowest BCUT2D eigenvalue weighted by Gasteiger charge is -2.48. The van der Waals surface area contributed by atoms with E-state index in [9.17, 15) is 4.79 Å². The summed E-state index contributed by atoms with van der Waals surface area (Å²) in [6.45, 7) is 6.08. The number of amides is 1. The van der Waals surface area contributed by atoms with Crippen molar-refractivity contribution >= 4 is 5.91 Å². The van der Waals surface area contributed by atoms with E-state index in [-0.39, 0.29) is 0 Å². The summed E-state index contributed by atoms with van der Waals surface area (Å²) < 4.78 is 2.05. The van der Waals surface area contributed by atoms with E-state index in [1.165, 1.54) is 31.4 Å². The van der Waals surface area contributed by atoms with Crippen molar-refractivity contribution in [3.05, 3.63) is 54.6 Å². The molecule has 1 aromatic heterocycles. The summed E-state index contributed by atoms with van der Waals surface area (Å²) in [6, 6.07) is 10.8. The number of carbonyl (C=O) groups is 1. The van der Waals surface area contributed by atoms with E-state index < -0.39 is 0 Å². The topological polar surface area (TPSA) is 41.4 Å². The number of aromatic nitrogens is 2. The first kappa shape index (κ1) is 19.2. The van der Waals surface area contributed by atoms with Crippen LogP contribution in [-0.4, -0.2) is 51.4 Å². The van der Waals surface area contributed by atoms with Crippen molar-refractivity contribution in [2.24, 2.45) is 5.41 Å². The number of likely N-dealkylation sites (tertiary alicyclic amines) is 2. The summed E-state index contributed by atoms with van der Waals surface area (Å²) >= 11 is 0. The molecule has 2 aromatic rings. The third-order valence-electron chi connectivity index (χ3n) is 6.37. The number of aryl methyl sites for hydroxylation is 1. The smallest absolute Gasteiger partial charge is 0.222 e. The van der Waals surface area contributed by atoms with Gasteiger partial charge in [0.2, 0.25) is 5.91 Å². The maximum absolute atomic E-state index is 12.8. The first-order valence-electron chi connectivity index (χ1n) is 10.7. The molecule has 0 bridgehead atoms. The van der Waals surface area contributed by atoms with Crippen LogP contribution in [0.1, 0.15) is 44.1 Å². The largest absolute Gasteiger partial charge is 0.342 e. The van der Waals surface area contributed by atoms with Crippen molar-refractivity contribution in [2.45, 2.75) is 51.6 Å². The van der Waals surface area contributed by atoms with Crippen LogP contribution in [-0.2, 0) is 17.9 Å². The van der Waals surface area contributed by atoms with Crippen molar-refractivity contribution in [2.75, 3.05) is 26.2 Å². The van der Waals surface area contributed by atoms with Gasteiger partial charge in [-0.25, -0.2) is 4.98 Å². The minimum atomic E-state index is 0.297. The summed E-state index contributed by atoms with van der Waals surface area (Å²) in [7, 11) is 0. The zero-order chi connectivity index (χ0) is 19.2. The maximum Gasteiger partial charge on any atom is 0.222 e. The molecule has 28 heavy (non-hydrogen) atoms. The minimum Gasteiger partial charge on any atom is -0.342 e. The highest BCUT2D eigenvalue weighted by molar-refractivity contribution is 5.76. The molecule has 4 rings (SSSR count). The van der Waals surface area contributed by atoms with Crippen LogP contribution in [0.5, 0.6) is 0 Å². The Hall–Kier alpha value is -2.14. The second-order valence-corrected chi connectivity index (χ2v) is 8.62. The van der Waals surface area contributed by atoms with Gasteiger partial charge in [0.1, 0.15) is 0 Å². The van der Waals surface area contributed by atoms with Crippen molar-refractivity contribution in [1.82, 2.24) is 19.4 Å². The van der Waals surface area contributed by atoms with Gasteiger partial charge in [-0.2, -0.15) is 0 Å². The Labute approximate surface area is 168 Å². The van der Waals surface area contributed by atoms with Gasteiger partial charge in [-0.05, 0) is 44.2 Å². The Morgan fingerprint density at radius 1 is 1.07 bits per heavy atom. The number of piperidine rings is 2. The summed E-state index contributed by atoms with van der Waals surface area (Å²) in [6.07, 6.45) is 12.0. The highest BCUT2D eigenvalue weighted by Gasteiger charge is 2.40. The van der Waals surface area contributed by atoms with Gasteiger partial charge in [0, 0.05) is 57.0 Å². The first-order chi connectivity index (χ1) is 13.7. The quantitative estimate of drug-likeness (QED) is 0.769. The Kier molecular flexibility index (Phi) is 6.10. The second-order valence-electron chi connectivity index (χ2n) is 8.62. The average molecular weight is 381 g/mol. The Bertz CT molecular complexity index is 741. The van der Waals surface area contributed by atoms with Crippen LogP contribution in [0.3, 0.4) is 0 Å². The highest BCUT2D eigenvalue weighted by Crippen LogP contribution is 2.39. The number of nitrogens with zero attached hydrogens (tertiary/aromatic N) is 4. The monoisotopic (exact) mass is 380 g/mol. The zero-order valence-electron chi connectivity index (χ0n) is 16.8. The van der Waals surface area contributed by atoms with Crippen LogP contribution < -0.4 is 0 Å². The molecule has 3 heterocycles. The Morgan fingerprint density at radius 3 is 2.68 bits per heavy atom. The molecule has 1 amide bonds. The van der Waals surface area contributed by atoms with E-state index in [0.717, 1.165) is 45.6 Å². The fourth-order valence-electron chi connectivity index (χ4n) is 5.03. The Balaban J connectivity index is 1.30. The lowest BCUT2D eigenvalue weighted by atomic mass is 9.73. The molecule has 2 aliphatic rings. The van der Waals surface area contributed by atoms with Crippen LogP contribution in [0.2, 0.25) is 0 Å². The van der Waals surface area contributed by atoms with E-state index in [4.69, 9.17) is 0 Å².